The second-order valence-electron chi connectivity index (χ2n) is 6.90. The van der Waals surface area contributed by atoms with Crippen molar-refractivity contribution < 1.29 is 19.4 Å². The molecule has 1 fully saturated rings. The molecule has 0 atom stereocenters. The lowest BCUT2D eigenvalue weighted by Gasteiger charge is -2.31. The van der Waals surface area contributed by atoms with Gasteiger partial charge in [-0.15, -0.1) is 0 Å². The summed E-state index contributed by atoms with van der Waals surface area (Å²) in [7, 11) is 1.57. The van der Waals surface area contributed by atoms with Gasteiger partial charge in [0.2, 0.25) is 0 Å². The van der Waals surface area contributed by atoms with Crippen molar-refractivity contribution in [2.75, 3.05) is 25.5 Å². The number of nitrogens with one attached hydrogen (secondary N) is 1. The molecule has 148 valence electrons. The summed E-state index contributed by atoms with van der Waals surface area (Å²) in [5.74, 6) is 0.683. The SMILES string of the molecule is COc1cc(Br)cc(C)c1NC(=O)N1CCC(C(=O)c2ccc(O)cc2)CC1. The molecule has 2 aromatic carbocycles. The number of nitrogens with zero attached hydrogens (tertiary/aromatic N) is 1. The first-order valence-corrected chi connectivity index (χ1v) is 9.91. The Hall–Kier alpha value is -2.54. The predicted octanol–water partition coefficient (Wildman–Crippen LogP) is 4.60. The molecule has 0 radical (unpaired) electrons. The van der Waals surface area contributed by atoms with Crippen LogP contribution in [0, 0.1) is 12.8 Å². The molecule has 6 nitrogen and oxygen atoms in total. The Morgan fingerprint density at radius 1 is 1.18 bits per heavy atom. The summed E-state index contributed by atoms with van der Waals surface area (Å²) in [4.78, 5) is 27.0. The van der Waals surface area contributed by atoms with Gasteiger partial charge in [-0.3, -0.25) is 4.79 Å². The third-order valence-electron chi connectivity index (χ3n) is 5.02. The minimum Gasteiger partial charge on any atom is -0.508 e. The molecule has 2 amide bonds. The molecule has 2 N–H and O–H groups in total. The minimum atomic E-state index is -0.195. The number of likely N-dealkylation sites (tertiary alicyclic amines) is 1. The van der Waals surface area contributed by atoms with E-state index in [1.165, 1.54) is 12.1 Å². The molecule has 0 saturated carbocycles. The largest absolute Gasteiger partial charge is 0.508 e. The van der Waals surface area contributed by atoms with Crippen LogP contribution in [0.5, 0.6) is 11.5 Å². The molecule has 1 aliphatic heterocycles. The van der Waals surface area contributed by atoms with E-state index in [-0.39, 0.29) is 23.5 Å². The molecule has 3 rings (SSSR count). The molecule has 7 heteroatoms. The van der Waals surface area contributed by atoms with Crippen molar-refractivity contribution in [3.05, 3.63) is 52.0 Å². The number of halogens is 1. The number of piperidine rings is 1. The monoisotopic (exact) mass is 446 g/mol. The smallest absolute Gasteiger partial charge is 0.321 e. The van der Waals surface area contributed by atoms with Gasteiger partial charge in [-0.25, -0.2) is 4.79 Å². The Kier molecular flexibility index (Phi) is 6.24. The number of aryl methyl sites for hydroxylation is 1. The summed E-state index contributed by atoms with van der Waals surface area (Å²) >= 11 is 3.43. The van der Waals surface area contributed by atoms with E-state index < -0.39 is 0 Å². The van der Waals surface area contributed by atoms with Crippen LogP contribution < -0.4 is 10.1 Å². The molecular weight excluding hydrogens is 424 g/mol. The Labute approximate surface area is 172 Å². The van der Waals surface area contributed by atoms with E-state index in [1.807, 2.05) is 19.1 Å². The summed E-state index contributed by atoms with van der Waals surface area (Å²) < 4.78 is 6.26. The molecule has 28 heavy (non-hydrogen) atoms. The summed E-state index contributed by atoms with van der Waals surface area (Å²) in [6.45, 7) is 2.93. The van der Waals surface area contributed by atoms with Gasteiger partial charge in [-0.05, 0) is 61.7 Å². The number of hydrogen-bond donors (Lipinski definition) is 2. The summed E-state index contributed by atoms with van der Waals surface area (Å²) in [6.07, 6.45) is 1.23. The summed E-state index contributed by atoms with van der Waals surface area (Å²) in [5, 5.41) is 12.3. The lowest BCUT2D eigenvalue weighted by atomic mass is 9.89. The first-order chi connectivity index (χ1) is 13.4. The molecule has 2 aromatic rings. The van der Waals surface area contributed by atoms with E-state index in [1.54, 1.807) is 24.1 Å². The zero-order valence-electron chi connectivity index (χ0n) is 15.9. The van der Waals surface area contributed by atoms with Crippen molar-refractivity contribution in [1.82, 2.24) is 4.90 Å². The van der Waals surface area contributed by atoms with Gasteiger partial charge >= 0.3 is 6.03 Å². The second-order valence-corrected chi connectivity index (χ2v) is 7.82. The molecule has 0 aromatic heterocycles. The quantitative estimate of drug-likeness (QED) is 0.672. The zero-order valence-corrected chi connectivity index (χ0v) is 17.5. The maximum atomic E-state index is 12.7. The average Bonchev–Trinajstić information content (AvgIpc) is 2.69. The highest BCUT2D eigenvalue weighted by molar-refractivity contribution is 9.10. The molecule has 0 spiro atoms. The standard InChI is InChI=1S/C21H23BrN2O4/c1-13-11-16(22)12-18(28-2)19(13)23-21(27)24-9-7-15(8-10-24)20(26)14-3-5-17(25)6-4-14/h3-6,11-12,15,25H,7-10H2,1-2H3,(H,23,27). The third-order valence-corrected chi connectivity index (χ3v) is 5.48. The Morgan fingerprint density at radius 3 is 2.43 bits per heavy atom. The first kappa shape index (κ1) is 20.2. The summed E-state index contributed by atoms with van der Waals surface area (Å²) in [6, 6.07) is 9.84. The minimum absolute atomic E-state index is 0.0606. The van der Waals surface area contributed by atoms with Crippen LogP contribution in [0.15, 0.2) is 40.9 Å². The molecule has 1 saturated heterocycles. The molecular formula is C21H23BrN2O4. The van der Waals surface area contributed by atoms with Gasteiger partial charge in [0.15, 0.2) is 5.78 Å². The van der Waals surface area contributed by atoms with Gasteiger partial charge < -0.3 is 20.1 Å². The highest BCUT2D eigenvalue weighted by Gasteiger charge is 2.28. The number of anilines is 1. The summed E-state index contributed by atoms with van der Waals surface area (Å²) in [5.41, 5.74) is 2.14. The Bertz CT molecular complexity index is 875. The number of phenolic OH excluding ortho intramolecular Hbond substituents is 1. The number of ether oxygens (including phenoxy) is 1. The Balaban J connectivity index is 1.61. The highest BCUT2D eigenvalue weighted by atomic mass is 79.9. The molecule has 1 aliphatic rings. The topological polar surface area (TPSA) is 78.9 Å². The number of carbonyl (C=O) groups excluding carboxylic acids is 2. The van der Waals surface area contributed by atoms with Crippen LogP contribution >= 0.6 is 15.9 Å². The number of Topliss-reactive ketones (excluding diaryl/α,β-unsaturated/α-hetero) is 1. The maximum Gasteiger partial charge on any atom is 0.321 e. The van der Waals surface area contributed by atoms with Crippen LogP contribution in [0.3, 0.4) is 0 Å². The first-order valence-electron chi connectivity index (χ1n) is 9.12. The van der Waals surface area contributed by atoms with Gasteiger partial charge in [0.05, 0.1) is 12.8 Å². The third kappa shape index (κ3) is 4.47. The van der Waals surface area contributed by atoms with E-state index in [9.17, 15) is 14.7 Å². The lowest BCUT2D eigenvalue weighted by Crippen LogP contribution is -2.42. The van der Waals surface area contributed by atoms with Crippen LogP contribution in [-0.4, -0.2) is 42.0 Å². The van der Waals surface area contributed by atoms with Crippen molar-refractivity contribution in [2.45, 2.75) is 19.8 Å². The van der Waals surface area contributed by atoms with Gasteiger partial charge in [-0.2, -0.15) is 0 Å². The van der Waals surface area contributed by atoms with Crippen molar-refractivity contribution in [1.29, 1.82) is 0 Å². The fraction of sp³-hybridized carbons (Fsp3) is 0.333. The number of ketones is 1. The van der Waals surface area contributed by atoms with E-state index in [0.29, 0.717) is 42.9 Å². The fourth-order valence-electron chi connectivity index (χ4n) is 3.43. The number of urea groups is 1. The van der Waals surface area contributed by atoms with Crippen LogP contribution in [0.2, 0.25) is 0 Å². The Morgan fingerprint density at radius 2 is 1.82 bits per heavy atom. The normalized spacial score (nSPS) is 14.6. The van der Waals surface area contributed by atoms with Crippen molar-refractivity contribution >= 4 is 33.4 Å². The predicted molar refractivity (Wildman–Crippen MR) is 111 cm³/mol. The number of benzene rings is 2. The van der Waals surface area contributed by atoms with Crippen molar-refractivity contribution in [3.8, 4) is 11.5 Å². The zero-order chi connectivity index (χ0) is 20.3. The number of hydrogen-bond acceptors (Lipinski definition) is 4. The molecule has 0 bridgehead atoms. The number of amides is 2. The van der Waals surface area contributed by atoms with Crippen LogP contribution in [0.1, 0.15) is 28.8 Å². The van der Waals surface area contributed by atoms with E-state index in [0.717, 1.165) is 10.0 Å². The van der Waals surface area contributed by atoms with E-state index >= 15 is 0 Å². The number of aromatic hydroxyl groups is 1. The van der Waals surface area contributed by atoms with Gasteiger partial charge in [0, 0.05) is 29.0 Å². The molecule has 1 heterocycles. The van der Waals surface area contributed by atoms with Crippen LogP contribution in [-0.2, 0) is 0 Å². The van der Waals surface area contributed by atoms with Gasteiger partial charge in [0.25, 0.3) is 0 Å². The average molecular weight is 447 g/mol. The van der Waals surface area contributed by atoms with Crippen LogP contribution in [0.4, 0.5) is 10.5 Å². The van der Waals surface area contributed by atoms with Crippen molar-refractivity contribution in [2.24, 2.45) is 5.92 Å². The fourth-order valence-corrected chi connectivity index (χ4v) is 3.98. The number of phenols is 1. The maximum absolute atomic E-state index is 12.7. The highest BCUT2D eigenvalue weighted by Crippen LogP contribution is 2.32. The van der Waals surface area contributed by atoms with Crippen LogP contribution in [0.25, 0.3) is 0 Å². The molecule has 0 aliphatic carbocycles. The van der Waals surface area contributed by atoms with Gasteiger partial charge in [-0.1, -0.05) is 15.9 Å². The molecule has 0 unspecified atom stereocenters. The van der Waals surface area contributed by atoms with E-state index in [4.69, 9.17) is 4.74 Å². The number of methoxy groups -OCH3 is 1. The van der Waals surface area contributed by atoms with E-state index in [2.05, 4.69) is 21.2 Å². The van der Waals surface area contributed by atoms with Gasteiger partial charge in [0.1, 0.15) is 11.5 Å². The number of carbonyl (C=O) groups is 2. The van der Waals surface area contributed by atoms with Crippen molar-refractivity contribution in [3.63, 3.8) is 0 Å². The second kappa shape index (κ2) is 8.65. The number of rotatable bonds is 4. The lowest BCUT2D eigenvalue weighted by molar-refractivity contribution is 0.0859.